The largest absolute Gasteiger partial charge is 0.394 e. The summed E-state index contributed by atoms with van der Waals surface area (Å²) in [5.41, 5.74) is 8.07. The summed E-state index contributed by atoms with van der Waals surface area (Å²) in [5, 5.41) is 5.59. The van der Waals surface area contributed by atoms with Gasteiger partial charge in [-0.15, -0.1) is 0 Å². The van der Waals surface area contributed by atoms with Gasteiger partial charge in [-0.2, -0.15) is 4.98 Å². The highest BCUT2D eigenvalue weighted by molar-refractivity contribution is 9.10. The maximum absolute atomic E-state index is 6.02. The van der Waals surface area contributed by atoms with Crippen molar-refractivity contribution in [3.8, 4) is 0 Å². The van der Waals surface area contributed by atoms with Gasteiger partial charge in [0.25, 0.3) is 0 Å². The molecule has 106 valence electrons. The molecule has 1 aromatic heterocycles. The van der Waals surface area contributed by atoms with Gasteiger partial charge in [0.1, 0.15) is 0 Å². The van der Waals surface area contributed by atoms with Crippen molar-refractivity contribution in [2.75, 3.05) is 11.1 Å². The Labute approximate surface area is 135 Å². The molecule has 0 amide bonds. The van der Waals surface area contributed by atoms with Crippen molar-refractivity contribution in [2.45, 2.75) is 6.92 Å². The van der Waals surface area contributed by atoms with Gasteiger partial charge in [-0.25, -0.2) is 4.98 Å². The summed E-state index contributed by atoms with van der Waals surface area (Å²) in [4.78, 5) is 8.20. The molecule has 0 aliphatic rings. The molecule has 0 aliphatic carbocycles. The minimum absolute atomic E-state index is 0.172. The predicted octanol–water partition coefficient (Wildman–Crippen LogP) is 4.68. The molecule has 0 radical (unpaired) electrons. The number of halogens is 2. The summed E-state index contributed by atoms with van der Waals surface area (Å²) in [6, 6.07) is 12.0. The fourth-order valence-corrected chi connectivity index (χ4v) is 2.83. The van der Waals surface area contributed by atoms with Gasteiger partial charge in [0.2, 0.25) is 5.28 Å². The van der Waals surface area contributed by atoms with E-state index >= 15 is 0 Å². The molecule has 0 spiro atoms. The Morgan fingerprint density at radius 1 is 1.10 bits per heavy atom. The molecule has 2 aromatic carbocycles. The molecule has 0 saturated carbocycles. The Morgan fingerprint density at radius 2 is 1.81 bits per heavy atom. The van der Waals surface area contributed by atoms with Crippen LogP contribution < -0.4 is 11.1 Å². The third-order valence-corrected chi connectivity index (χ3v) is 4.09. The molecule has 21 heavy (non-hydrogen) atoms. The maximum atomic E-state index is 6.02. The number of aromatic nitrogens is 2. The first-order valence-electron chi connectivity index (χ1n) is 6.30. The van der Waals surface area contributed by atoms with Gasteiger partial charge < -0.3 is 11.1 Å². The van der Waals surface area contributed by atoms with E-state index in [2.05, 4.69) is 31.2 Å². The highest BCUT2D eigenvalue weighted by atomic mass is 79.9. The highest BCUT2D eigenvalue weighted by Crippen LogP contribution is 2.33. The number of benzene rings is 2. The minimum Gasteiger partial charge on any atom is -0.394 e. The van der Waals surface area contributed by atoms with Gasteiger partial charge in [-0.3, -0.25) is 0 Å². The summed E-state index contributed by atoms with van der Waals surface area (Å²) < 4.78 is 1.04. The molecule has 6 heteroatoms. The van der Waals surface area contributed by atoms with Gasteiger partial charge in [0, 0.05) is 15.5 Å². The lowest BCUT2D eigenvalue weighted by atomic mass is 10.1. The van der Waals surface area contributed by atoms with Crippen LogP contribution in [0.4, 0.5) is 17.2 Å². The average Bonchev–Trinajstić information content (AvgIpc) is 2.47. The first kappa shape index (κ1) is 14.1. The quantitative estimate of drug-likeness (QED) is 0.649. The van der Waals surface area contributed by atoms with Gasteiger partial charge in [0.15, 0.2) is 5.82 Å². The molecule has 0 fully saturated rings. The number of aryl methyl sites for hydroxylation is 1. The Bertz CT molecular complexity index is 835. The molecule has 0 aliphatic heterocycles. The lowest BCUT2D eigenvalue weighted by molar-refractivity contribution is 1.11. The molecule has 0 bridgehead atoms. The minimum atomic E-state index is 0.172. The molecule has 0 unspecified atom stereocenters. The van der Waals surface area contributed by atoms with E-state index in [0.29, 0.717) is 17.2 Å². The topological polar surface area (TPSA) is 63.8 Å². The summed E-state index contributed by atoms with van der Waals surface area (Å²) in [6.07, 6.45) is 0. The van der Waals surface area contributed by atoms with Gasteiger partial charge in [0.05, 0.1) is 11.4 Å². The van der Waals surface area contributed by atoms with Gasteiger partial charge in [-0.05, 0) is 36.0 Å². The number of rotatable bonds is 2. The summed E-state index contributed by atoms with van der Waals surface area (Å²) in [6.45, 7) is 1.80. The monoisotopic (exact) mass is 362 g/mol. The fourth-order valence-electron chi connectivity index (χ4n) is 2.14. The van der Waals surface area contributed by atoms with E-state index in [9.17, 15) is 0 Å². The van der Waals surface area contributed by atoms with Crippen LogP contribution in [0.5, 0.6) is 0 Å². The number of nitrogens with one attached hydrogen (secondary N) is 1. The van der Waals surface area contributed by atoms with E-state index in [-0.39, 0.29) is 5.28 Å². The van der Waals surface area contributed by atoms with Crippen LogP contribution in [-0.2, 0) is 0 Å². The molecule has 3 rings (SSSR count). The fraction of sp³-hybridized carbons (Fsp3) is 0.0667. The number of nitrogen functional groups attached to an aromatic ring is 1. The zero-order chi connectivity index (χ0) is 15.0. The Morgan fingerprint density at radius 3 is 2.57 bits per heavy atom. The van der Waals surface area contributed by atoms with Crippen molar-refractivity contribution >= 4 is 55.5 Å². The predicted molar refractivity (Wildman–Crippen MR) is 91.1 cm³/mol. The van der Waals surface area contributed by atoms with Crippen LogP contribution in [0.25, 0.3) is 10.8 Å². The Hall–Kier alpha value is -1.85. The van der Waals surface area contributed by atoms with E-state index in [0.717, 1.165) is 20.9 Å². The van der Waals surface area contributed by atoms with Crippen molar-refractivity contribution in [1.82, 2.24) is 9.97 Å². The van der Waals surface area contributed by atoms with Crippen molar-refractivity contribution in [3.63, 3.8) is 0 Å². The standard InChI is InChI=1S/C15H12BrClN4/c1-8-13(18)14(21-15(17)19-8)20-12-7-6-11(16)9-4-2-3-5-10(9)12/h2-7H,18H2,1H3,(H,19,20,21). The lowest BCUT2D eigenvalue weighted by Crippen LogP contribution is -2.04. The second kappa shape index (κ2) is 5.50. The van der Waals surface area contributed by atoms with Gasteiger partial charge >= 0.3 is 0 Å². The van der Waals surface area contributed by atoms with Crippen molar-refractivity contribution < 1.29 is 0 Å². The van der Waals surface area contributed by atoms with Crippen LogP contribution in [0, 0.1) is 6.92 Å². The number of hydrogen-bond donors (Lipinski definition) is 2. The van der Waals surface area contributed by atoms with Crippen LogP contribution >= 0.6 is 27.5 Å². The highest BCUT2D eigenvalue weighted by Gasteiger charge is 2.10. The first-order valence-corrected chi connectivity index (χ1v) is 7.47. The zero-order valence-electron chi connectivity index (χ0n) is 11.2. The van der Waals surface area contributed by atoms with E-state index < -0.39 is 0 Å². The van der Waals surface area contributed by atoms with E-state index in [1.807, 2.05) is 36.4 Å². The van der Waals surface area contributed by atoms with E-state index in [1.54, 1.807) is 6.92 Å². The number of nitrogens with two attached hydrogens (primary N) is 1. The lowest BCUT2D eigenvalue weighted by Gasteiger charge is -2.13. The van der Waals surface area contributed by atoms with Crippen LogP contribution in [0.2, 0.25) is 5.28 Å². The second-order valence-corrected chi connectivity index (χ2v) is 5.80. The third-order valence-electron chi connectivity index (χ3n) is 3.23. The smallest absolute Gasteiger partial charge is 0.224 e. The molecule has 1 heterocycles. The average molecular weight is 364 g/mol. The van der Waals surface area contributed by atoms with Crippen molar-refractivity contribution in [3.05, 3.63) is 51.8 Å². The third kappa shape index (κ3) is 2.66. The van der Waals surface area contributed by atoms with E-state index in [1.165, 1.54) is 0 Å². The summed E-state index contributed by atoms with van der Waals surface area (Å²) >= 11 is 9.46. The Kier molecular flexibility index (Phi) is 3.69. The molecule has 3 N–H and O–H groups in total. The zero-order valence-corrected chi connectivity index (χ0v) is 13.5. The Balaban J connectivity index is 2.13. The van der Waals surface area contributed by atoms with Crippen molar-refractivity contribution in [1.29, 1.82) is 0 Å². The van der Waals surface area contributed by atoms with E-state index in [4.69, 9.17) is 17.3 Å². The van der Waals surface area contributed by atoms with Crippen molar-refractivity contribution in [2.24, 2.45) is 0 Å². The molecule has 0 saturated heterocycles. The normalized spacial score (nSPS) is 10.8. The number of nitrogens with zero attached hydrogens (tertiary/aromatic N) is 2. The maximum Gasteiger partial charge on any atom is 0.224 e. The van der Waals surface area contributed by atoms with Crippen LogP contribution in [-0.4, -0.2) is 9.97 Å². The van der Waals surface area contributed by atoms with Crippen LogP contribution in [0.3, 0.4) is 0 Å². The van der Waals surface area contributed by atoms with Crippen LogP contribution in [0.15, 0.2) is 40.9 Å². The molecule has 4 nitrogen and oxygen atoms in total. The SMILES string of the molecule is Cc1nc(Cl)nc(Nc2ccc(Br)c3ccccc23)c1N. The molecule has 0 atom stereocenters. The number of hydrogen-bond acceptors (Lipinski definition) is 4. The molecular weight excluding hydrogens is 352 g/mol. The first-order chi connectivity index (χ1) is 10.1. The molecule has 3 aromatic rings. The van der Waals surface area contributed by atoms with Crippen LogP contribution in [0.1, 0.15) is 5.69 Å². The second-order valence-electron chi connectivity index (χ2n) is 4.61. The summed E-state index contributed by atoms with van der Waals surface area (Å²) in [5.74, 6) is 0.514. The van der Waals surface area contributed by atoms with Gasteiger partial charge in [-0.1, -0.05) is 40.2 Å². The summed E-state index contributed by atoms with van der Waals surface area (Å²) in [7, 11) is 0. The molecular formula is C15H12BrClN4. The number of anilines is 3. The number of fused-ring (bicyclic) bond motifs is 1.